The molecule has 1 aliphatic heterocycles. The number of aliphatic imine (C=N–C) groups is 1. The molecule has 10 nitrogen and oxygen atoms in total. The van der Waals surface area contributed by atoms with Gasteiger partial charge in [0.25, 0.3) is 5.91 Å². The van der Waals surface area contributed by atoms with Gasteiger partial charge in [0, 0.05) is 26.3 Å². The van der Waals surface area contributed by atoms with Gasteiger partial charge >= 0.3 is 0 Å². The number of amides is 1. The molecule has 194 valence electrons. The highest BCUT2D eigenvalue weighted by atomic mass is 16.7. The van der Waals surface area contributed by atoms with Crippen LogP contribution in [0.5, 0.6) is 0 Å². The van der Waals surface area contributed by atoms with E-state index in [1.165, 1.54) is 12.3 Å². The number of aromatic nitrogens is 1. The smallest absolute Gasteiger partial charge is 0.253 e. The normalized spacial score (nSPS) is 14.5. The van der Waals surface area contributed by atoms with E-state index in [1.807, 2.05) is 54.7 Å². The van der Waals surface area contributed by atoms with Gasteiger partial charge in [-0.15, -0.1) is 5.06 Å². The van der Waals surface area contributed by atoms with Gasteiger partial charge in [-0.05, 0) is 57.4 Å². The van der Waals surface area contributed by atoms with Crippen molar-refractivity contribution in [2.75, 3.05) is 13.6 Å². The minimum atomic E-state index is -0.423. The average Bonchev–Trinajstić information content (AvgIpc) is 3.11. The Morgan fingerprint density at radius 1 is 1.40 bits per heavy atom. The maximum atomic E-state index is 11.9. The number of ether oxygens (including phenoxy) is 1. The highest BCUT2D eigenvalue weighted by Crippen LogP contribution is 2.27. The van der Waals surface area contributed by atoms with Gasteiger partial charge < -0.3 is 20.6 Å². The fourth-order valence-electron chi connectivity index (χ4n) is 2.77. The molecule has 0 saturated heterocycles. The number of nitrogens with two attached hydrogens (primary N) is 1. The Morgan fingerprint density at radius 3 is 2.46 bits per heavy atom. The van der Waals surface area contributed by atoms with Crippen LogP contribution in [0.25, 0.3) is 0 Å². The molecule has 1 amide bonds. The largest absolute Gasteiger partial charge is 0.471 e. The Kier molecular flexibility index (Phi) is 11.3. The zero-order chi connectivity index (χ0) is 26.8. The van der Waals surface area contributed by atoms with Crippen LogP contribution >= 0.6 is 0 Å². The fraction of sp³-hybridized carbons (Fsp3) is 0.480. The first-order chi connectivity index (χ1) is 16.2. The molecule has 5 N–H and O–H groups in total. The van der Waals surface area contributed by atoms with Crippen molar-refractivity contribution < 1.29 is 15.8 Å². The summed E-state index contributed by atoms with van der Waals surface area (Å²) in [5.41, 5.74) is 6.66. The lowest BCUT2D eigenvalue weighted by Crippen LogP contribution is -2.30. The molecule has 1 aliphatic rings. The molecule has 0 atom stereocenters. The summed E-state index contributed by atoms with van der Waals surface area (Å²) in [6, 6.07) is 3.40. The van der Waals surface area contributed by atoms with Crippen molar-refractivity contribution in [2.45, 2.75) is 61.1 Å². The predicted molar refractivity (Wildman–Crippen MR) is 142 cm³/mol. The van der Waals surface area contributed by atoms with Gasteiger partial charge in [0.2, 0.25) is 5.90 Å². The number of hydrogen-bond donors (Lipinski definition) is 4. The van der Waals surface area contributed by atoms with Crippen molar-refractivity contribution in [3.05, 3.63) is 53.1 Å². The third-order valence-electron chi connectivity index (χ3n) is 4.44. The van der Waals surface area contributed by atoms with E-state index in [2.05, 4.69) is 15.3 Å². The summed E-state index contributed by atoms with van der Waals surface area (Å²) >= 11 is 0. The summed E-state index contributed by atoms with van der Waals surface area (Å²) in [7, 11) is 1.91. The van der Waals surface area contributed by atoms with Crippen molar-refractivity contribution in [3.8, 4) is 0 Å². The topological polar surface area (TPSA) is 150 Å². The van der Waals surface area contributed by atoms with Crippen LogP contribution in [0.1, 0.15) is 65.9 Å². The van der Waals surface area contributed by atoms with E-state index < -0.39 is 5.41 Å². The van der Waals surface area contributed by atoms with Gasteiger partial charge in [-0.1, -0.05) is 20.8 Å². The molecule has 0 unspecified atom stereocenters. The maximum Gasteiger partial charge on any atom is 0.253 e. The van der Waals surface area contributed by atoms with Crippen molar-refractivity contribution >= 4 is 23.5 Å². The second kappa shape index (κ2) is 13.4. The number of likely N-dealkylation sites (N-methyl/N-ethyl adjacent to an activating group) is 1. The van der Waals surface area contributed by atoms with E-state index in [0.29, 0.717) is 16.8 Å². The minimum absolute atomic E-state index is 0. The summed E-state index contributed by atoms with van der Waals surface area (Å²) in [5.74, 6) is 0.979. The van der Waals surface area contributed by atoms with Gasteiger partial charge in [-0.2, -0.15) is 0 Å². The summed E-state index contributed by atoms with van der Waals surface area (Å²) in [6.45, 7) is 14.1. The third-order valence-corrected chi connectivity index (χ3v) is 4.44. The highest BCUT2D eigenvalue weighted by Gasteiger charge is 2.23. The molecule has 2 rings (SSSR count). The molecule has 1 aromatic rings. The molecule has 0 fully saturated rings. The minimum Gasteiger partial charge on any atom is -0.471 e. The van der Waals surface area contributed by atoms with Crippen molar-refractivity contribution in [1.29, 1.82) is 10.8 Å². The zero-order valence-corrected chi connectivity index (χ0v) is 22.0. The lowest BCUT2D eigenvalue weighted by atomic mass is 9.86. The number of hydroxylamine groups is 2. The summed E-state index contributed by atoms with van der Waals surface area (Å²) in [6.07, 6.45) is 5.00. The first-order valence-electron chi connectivity index (χ1n) is 11.3. The quantitative estimate of drug-likeness (QED) is 0.351. The average molecular weight is 488 g/mol. The van der Waals surface area contributed by atoms with Crippen LogP contribution in [0.3, 0.4) is 0 Å². The van der Waals surface area contributed by atoms with E-state index in [9.17, 15) is 4.79 Å². The fourth-order valence-corrected chi connectivity index (χ4v) is 2.77. The molecule has 0 saturated carbocycles. The maximum absolute atomic E-state index is 11.9. The summed E-state index contributed by atoms with van der Waals surface area (Å²) in [5, 5.41) is 20.7. The van der Waals surface area contributed by atoms with E-state index in [-0.39, 0.29) is 37.6 Å². The van der Waals surface area contributed by atoms with Crippen LogP contribution in [-0.4, -0.2) is 53.2 Å². The Labute approximate surface area is 209 Å². The highest BCUT2D eigenvalue weighted by molar-refractivity contribution is 6.05. The monoisotopic (exact) mass is 487 g/mol. The van der Waals surface area contributed by atoms with E-state index in [1.54, 1.807) is 24.1 Å². The van der Waals surface area contributed by atoms with Crippen LogP contribution in [0.2, 0.25) is 0 Å². The van der Waals surface area contributed by atoms with Crippen LogP contribution in [-0.2, 0) is 16.2 Å². The molecule has 0 aromatic carbocycles. The SMILES string of the molecule is CC(N)=NC(=N)/C=C(\C(=N)OCc1ccc(C(=O)NC(C)C)cn1)C(C)(C)C.CC1=CCN(C)O1.[HH]. The zero-order valence-electron chi connectivity index (χ0n) is 22.0. The molecule has 0 spiro atoms. The number of allylic oxidation sites excluding steroid dienone is 1. The molecule has 0 aliphatic carbocycles. The Morgan fingerprint density at radius 2 is 2.06 bits per heavy atom. The predicted octanol–water partition coefficient (Wildman–Crippen LogP) is 4.05. The first-order valence-corrected chi connectivity index (χ1v) is 11.3. The number of amidine groups is 2. The second-order valence-corrected chi connectivity index (χ2v) is 9.45. The van der Waals surface area contributed by atoms with Crippen LogP contribution in [0.15, 0.2) is 46.8 Å². The van der Waals surface area contributed by atoms with Crippen molar-refractivity contribution in [3.63, 3.8) is 0 Å². The van der Waals surface area contributed by atoms with Crippen molar-refractivity contribution in [2.24, 2.45) is 16.1 Å². The molecule has 35 heavy (non-hydrogen) atoms. The number of nitrogens with zero attached hydrogens (tertiary/aromatic N) is 3. The Hall–Kier alpha value is -3.53. The standard InChI is InChI=1S/C20H30N6O2.C5H9NO.H2/c1-12(2)25-19(27)14-7-8-15(24-10-14)11-28-18(23)16(20(4,5)6)9-17(22)26-13(3)21;1-5-3-4-6(2)7-5;/h7-10,12,23H,11H2,1-6H3,(H,25,27)(H3,21,22,26);3H,4H2,1-2H3;1H/b16-9+,23-18?;;. The Bertz CT molecular complexity index is 990. The van der Waals surface area contributed by atoms with Gasteiger partial charge in [-0.25, -0.2) is 4.99 Å². The van der Waals surface area contributed by atoms with Crippen LogP contribution < -0.4 is 11.1 Å². The number of carbonyl (C=O) groups is 1. The van der Waals surface area contributed by atoms with E-state index >= 15 is 0 Å². The molecule has 0 radical (unpaired) electrons. The van der Waals surface area contributed by atoms with Gasteiger partial charge in [-0.3, -0.25) is 20.6 Å². The second-order valence-electron chi connectivity index (χ2n) is 9.45. The van der Waals surface area contributed by atoms with Gasteiger partial charge in [0.05, 0.1) is 23.6 Å². The number of rotatable bonds is 6. The lowest BCUT2D eigenvalue weighted by Gasteiger charge is -2.23. The van der Waals surface area contributed by atoms with Crippen molar-refractivity contribution in [1.82, 2.24) is 15.4 Å². The molecule has 10 heteroatoms. The number of carbonyl (C=O) groups excluding carboxylic acids is 1. The third kappa shape index (κ3) is 11.4. The van der Waals surface area contributed by atoms with Crippen LogP contribution in [0, 0.1) is 16.2 Å². The molecule has 0 bridgehead atoms. The summed E-state index contributed by atoms with van der Waals surface area (Å²) in [4.78, 5) is 25.1. The van der Waals surface area contributed by atoms with Gasteiger partial charge in [0.15, 0.2) is 0 Å². The number of hydrogen-bond acceptors (Lipinski definition) is 7. The molecular formula is C25H41N7O3. The molecular weight excluding hydrogens is 446 g/mol. The van der Waals surface area contributed by atoms with Gasteiger partial charge in [0.1, 0.15) is 18.2 Å². The Balaban J connectivity index is 0.00000131. The molecule has 1 aromatic heterocycles. The first kappa shape index (κ1) is 29.5. The van der Waals surface area contributed by atoms with Crippen LogP contribution in [0.4, 0.5) is 0 Å². The number of pyridine rings is 1. The molecule has 2 heterocycles. The summed E-state index contributed by atoms with van der Waals surface area (Å²) < 4.78 is 5.56. The number of nitrogens with one attached hydrogen (secondary N) is 3. The van der Waals surface area contributed by atoms with E-state index in [0.717, 1.165) is 12.3 Å². The lowest BCUT2D eigenvalue weighted by molar-refractivity contribution is -0.0656. The van der Waals surface area contributed by atoms with E-state index in [4.69, 9.17) is 26.1 Å².